The highest BCUT2D eigenvalue weighted by Gasteiger charge is 2.41. The van der Waals surface area contributed by atoms with Crippen molar-refractivity contribution in [1.82, 2.24) is 19.7 Å². The molecule has 3 heterocycles. The van der Waals surface area contributed by atoms with E-state index >= 15 is 0 Å². The van der Waals surface area contributed by atoms with Gasteiger partial charge in [0, 0.05) is 49.2 Å². The zero-order valence-corrected chi connectivity index (χ0v) is 26.5. The summed E-state index contributed by atoms with van der Waals surface area (Å²) in [7, 11) is 0. The van der Waals surface area contributed by atoms with Crippen LogP contribution in [0.15, 0.2) is 70.4 Å². The lowest BCUT2D eigenvalue weighted by molar-refractivity contribution is 0.0249. The topological polar surface area (TPSA) is 172 Å². The molecule has 6 rings (SSSR count). The van der Waals surface area contributed by atoms with Crippen LogP contribution in [0.1, 0.15) is 66.6 Å². The molecule has 2 aromatic heterocycles. The Balaban J connectivity index is 1.14. The van der Waals surface area contributed by atoms with Crippen LogP contribution in [-0.2, 0) is 5.60 Å². The highest BCUT2D eigenvalue weighted by atomic mass is 35.5. The Kier molecular flexibility index (Phi) is 9.26. The summed E-state index contributed by atoms with van der Waals surface area (Å²) in [5.74, 6) is 0.960. The number of aromatic amines is 1. The summed E-state index contributed by atoms with van der Waals surface area (Å²) >= 11 is 6.32. The fourth-order valence-corrected chi connectivity index (χ4v) is 6.69. The molecule has 0 bridgehead atoms. The minimum Gasteiger partial charge on any atom is -0.482 e. The number of ether oxygens (including phenoxy) is 1. The van der Waals surface area contributed by atoms with Crippen molar-refractivity contribution in [3.05, 3.63) is 103 Å². The van der Waals surface area contributed by atoms with Crippen molar-refractivity contribution in [2.75, 3.05) is 29.9 Å². The number of carbonyl (C=O) groups is 1. The van der Waals surface area contributed by atoms with Gasteiger partial charge in [-0.1, -0.05) is 18.0 Å². The number of halogens is 1. The fraction of sp³-hybridized carbons (Fsp3) is 0.353. The third-order valence-electron chi connectivity index (χ3n) is 9.04. The first kappa shape index (κ1) is 31.8. The Labute approximate surface area is 276 Å². The second kappa shape index (κ2) is 13.7. The number of hydrogen-bond donors (Lipinski definition) is 3. The van der Waals surface area contributed by atoms with Gasteiger partial charge < -0.3 is 20.7 Å². The Morgan fingerprint density at radius 1 is 1.06 bits per heavy atom. The highest BCUT2D eigenvalue weighted by Crippen LogP contribution is 2.43. The molecule has 2 aliphatic rings. The first-order chi connectivity index (χ1) is 22.7. The number of nitrogens with two attached hydrogens (primary N) is 1. The average Bonchev–Trinajstić information content (AvgIpc) is 3.08. The molecule has 47 heavy (non-hydrogen) atoms. The molecule has 2 aromatic carbocycles. The van der Waals surface area contributed by atoms with Crippen LogP contribution in [-0.4, -0.2) is 45.3 Å². The predicted molar refractivity (Wildman–Crippen MR) is 178 cm³/mol. The molecule has 1 saturated carbocycles. The van der Waals surface area contributed by atoms with Gasteiger partial charge in [0.2, 0.25) is 0 Å². The molecule has 1 aliphatic carbocycles. The molecule has 0 spiro atoms. The molecule has 1 amide bonds. The maximum absolute atomic E-state index is 12.6. The molecule has 0 radical (unpaired) electrons. The third kappa shape index (κ3) is 7.00. The lowest BCUT2D eigenvalue weighted by Crippen LogP contribution is -2.40. The SMILES string of the molecule is N#Cc1ccc(OC2(c3cc(N4CCC(CNc5ccc(-n6ccc(=O)[nH]c6=O)cc5)CC4)nnc3C(N)=O)CCCCC2)cc1Cl. The monoisotopic (exact) mass is 654 g/mol. The van der Waals surface area contributed by atoms with Gasteiger partial charge in [0.05, 0.1) is 16.3 Å². The molecular formula is C34H35ClN8O4. The van der Waals surface area contributed by atoms with Gasteiger partial charge in [-0.15, -0.1) is 10.2 Å². The van der Waals surface area contributed by atoms with Crippen LogP contribution in [0, 0.1) is 17.2 Å². The second-order valence-corrected chi connectivity index (χ2v) is 12.5. The first-order valence-electron chi connectivity index (χ1n) is 15.7. The minimum atomic E-state index is -0.839. The number of carbonyl (C=O) groups excluding carboxylic acids is 1. The van der Waals surface area contributed by atoms with Crippen molar-refractivity contribution < 1.29 is 9.53 Å². The summed E-state index contributed by atoms with van der Waals surface area (Å²) in [5.41, 5.74) is 6.75. The fourth-order valence-electron chi connectivity index (χ4n) is 6.48. The number of hydrogen-bond acceptors (Lipinski definition) is 9. The van der Waals surface area contributed by atoms with Gasteiger partial charge in [-0.2, -0.15) is 5.26 Å². The zero-order chi connectivity index (χ0) is 33.0. The molecule has 4 aromatic rings. The first-order valence-corrected chi connectivity index (χ1v) is 16.1. The highest BCUT2D eigenvalue weighted by molar-refractivity contribution is 6.31. The smallest absolute Gasteiger partial charge is 0.332 e. The molecule has 4 N–H and O–H groups in total. The number of amides is 1. The number of anilines is 2. The zero-order valence-electron chi connectivity index (χ0n) is 25.7. The molecule has 242 valence electrons. The Hall–Kier alpha value is -5.15. The quantitative estimate of drug-likeness (QED) is 0.235. The van der Waals surface area contributed by atoms with Gasteiger partial charge in [-0.05, 0) is 86.9 Å². The Morgan fingerprint density at radius 3 is 2.47 bits per heavy atom. The van der Waals surface area contributed by atoms with E-state index in [0.717, 1.165) is 57.4 Å². The summed E-state index contributed by atoms with van der Waals surface area (Å²) < 4.78 is 8.03. The van der Waals surface area contributed by atoms with Crippen molar-refractivity contribution >= 4 is 29.0 Å². The molecule has 0 unspecified atom stereocenters. The second-order valence-electron chi connectivity index (χ2n) is 12.1. The lowest BCUT2D eigenvalue weighted by atomic mass is 9.78. The normalized spacial score (nSPS) is 16.3. The van der Waals surface area contributed by atoms with E-state index in [9.17, 15) is 19.6 Å². The summed E-state index contributed by atoms with van der Waals surface area (Å²) in [6, 6.07) is 17.8. The number of piperidine rings is 1. The van der Waals surface area contributed by atoms with E-state index in [1.165, 1.54) is 16.8 Å². The van der Waals surface area contributed by atoms with Gasteiger partial charge in [0.1, 0.15) is 17.4 Å². The van der Waals surface area contributed by atoms with Crippen LogP contribution in [0.25, 0.3) is 5.69 Å². The van der Waals surface area contributed by atoms with Crippen molar-refractivity contribution in [1.29, 1.82) is 5.26 Å². The van der Waals surface area contributed by atoms with Crippen LogP contribution in [0.4, 0.5) is 11.5 Å². The van der Waals surface area contributed by atoms with Gasteiger partial charge in [-0.3, -0.25) is 19.1 Å². The number of rotatable bonds is 9. The van der Waals surface area contributed by atoms with E-state index < -0.39 is 22.8 Å². The van der Waals surface area contributed by atoms with E-state index in [1.54, 1.807) is 18.2 Å². The molecule has 13 heteroatoms. The van der Waals surface area contributed by atoms with E-state index in [-0.39, 0.29) is 5.69 Å². The van der Waals surface area contributed by atoms with Crippen molar-refractivity contribution in [3.8, 4) is 17.5 Å². The third-order valence-corrected chi connectivity index (χ3v) is 9.36. The van der Waals surface area contributed by atoms with Gasteiger partial charge >= 0.3 is 5.69 Å². The molecule has 1 aliphatic heterocycles. The number of nitriles is 1. The molecule has 1 saturated heterocycles. The van der Waals surface area contributed by atoms with Crippen LogP contribution in [0.5, 0.6) is 5.75 Å². The Morgan fingerprint density at radius 2 is 1.81 bits per heavy atom. The summed E-state index contributed by atoms with van der Waals surface area (Å²) in [6.45, 7) is 2.32. The minimum absolute atomic E-state index is 0.103. The van der Waals surface area contributed by atoms with Crippen LogP contribution >= 0.6 is 11.6 Å². The summed E-state index contributed by atoms with van der Waals surface area (Å²) in [4.78, 5) is 40.5. The lowest BCUT2D eigenvalue weighted by Gasteiger charge is -2.39. The standard InChI is InChI=1S/C34H35ClN8O4/c35-28-18-26(9-4-23(28)20-36)47-34(13-2-1-3-14-34)27-19-29(40-41-31(27)32(37)45)42-15-10-22(11-16-42)21-38-24-5-7-25(8-6-24)43-17-12-30(44)39-33(43)46/h4-9,12,17-19,22,38H,1-3,10-11,13-16,21H2,(H2,37,45)(H,39,44,46). The molecule has 12 nitrogen and oxygen atoms in total. The number of aromatic nitrogens is 4. The summed E-state index contributed by atoms with van der Waals surface area (Å²) in [5, 5.41) is 21.8. The van der Waals surface area contributed by atoms with E-state index in [4.69, 9.17) is 22.1 Å². The van der Waals surface area contributed by atoms with Gasteiger partial charge in [0.25, 0.3) is 11.5 Å². The number of nitrogens with one attached hydrogen (secondary N) is 2. The Bertz CT molecular complexity index is 1920. The van der Waals surface area contributed by atoms with Gasteiger partial charge in [-0.25, -0.2) is 4.79 Å². The molecule has 2 fully saturated rings. The van der Waals surface area contributed by atoms with Gasteiger partial charge in [0.15, 0.2) is 11.5 Å². The van der Waals surface area contributed by atoms with E-state index in [2.05, 4.69) is 31.5 Å². The van der Waals surface area contributed by atoms with Crippen molar-refractivity contribution in [2.45, 2.75) is 50.5 Å². The van der Waals surface area contributed by atoms with E-state index in [1.807, 2.05) is 30.3 Å². The van der Waals surface area contributed by atoms with Crippen molar-refractivity contribution in [3.63, 3.8) is 0 Å². The number of H-pyrrole nitrogens is 1. The molecule has 0 atom stereocenters. The van der Waals surface area contributed by atoms with Crippen molar-refractivity contribution in [2.24, 2.45) is 11.7 Å². The molecular weight excluding hydrogens is 620 g/mol. The predicted octanol–water partition coefficient (Wildman–Crippen LogP) is 4.51. The van der Waals surface area contributed by atoms with E-state index in [0.29, 0.717) is 52.2 Å². The maximum atomic E-state index is 12.6. The average molecular weight is 655 g/mol. The maximum Gasteiger partial charge on any atom is 0.332 e. The summed E-state index contributed by atoms with van der Waals surface area (Å²) in [6.07, 6.45) is 7.53. The van der Waals surface area contributed by atoms with Crippen LogP contribution in [0.3, 0.4) is 0 Å². The number of primary amides is 1. The number of nitrogens with zero attached hydrogens (tertiary/aromatic N) is 5. The largest absolute Gasteiger partial charge is 0.482 e. The van der Waals surface area contributed by atoms with Crippen LogP contribution in [0.2, 0.25) is 5.02 Å². The van der Waals surface area contributed by atoms with Crippen LogP contribution < -0.4 is 31.9 Å². The number of benzene rings is 2.